The second-order valence-electron chi connectivity index (χ2n) is 16.8. The molecule has 0 amide bonds. The molecule has 0 aliphatic heterocycles. The highest BCUT2D eigenvalue weighted by molar-refractivity contribution is 6.34. The van der Waals surface area contributed by atoms with Gasteiger partial charge in [-0.1, -0.05) is 158 Å². The Kier molecular flexibility index (Phi) is 8.27. The molecular formula is C61H35N5. The summed E-state index contributed by atoms with van der Waals surface area (Å²) in [6.07, 6.45) is 3.83. The SMILES string of the molecule is [C-]#[N+]c1c(-c2ccccc2)c(C#N)c(-n2c3ccc(-c4ccccc4)cc3c3cc(-c4ccccc4)ccc32)c(-c2ccccc2)c1-n1c2cccc3c4ccncc4c4cccc1c4c32. The zero-order valence-electron chi connectivity index (χ0n) is 35.4. The van der Waals surface area contributed by atoms with Crippen LogP contribution in [0.1, 0.15) is 5.56 Å². The second-order valence-corrected chi connectivity index (χ2v) is 16.8. The summed E-state index contributed by atoms with van der Waals surface area (Å²) in [6.45, 7) is 9.23. The van der Waals surface area contributed by atoms with Crippen molar-refractivity contribution in [2.24, 2.45) is 0 Å². The van der Waals surface area contributed by atoms with Gasteiger partial charge in [0.1, 0.15) is 6.07 Å². The van der Waals surface area contributed by atoms with Crippen LogP contribution in [0.25, 0.3) is 126 Å². The van der Waals surface area contributed by atoms with Crippen molar-refractivity contribution in [3.05, 3.63) is 230 Å². The minimum absolute atomic E-state index is 0.409. The predicted octanol–water partition coefficient (Wildman–Crippen LogP) is 16.1. The van der Waals surface area contributed by atoms with E-state index in [1.807, 2.05) is 73.1 Å². The van der Waals surface area contributed by atoms with Gasteiger partial charge in [-0.3, -0.25) is 4.98 Å². The molecule has 0 aliphatic rings. The Morgan fingerprint density at radius 1 is 0.409 bits per heavy atom. The van der Waals surface area contributed by atoms with Gasteiger partial charge in [0.2, 0.25) is 5.69 Å². The van der Waals surface area contributed by atoms with Crippen molar-refractivity contribution in [1.29, 1.82) is 5.26 Å². The van der Waals surface area contributed by atoms with E-state index in [4.69, 9.17) is 0 Å². The molecule has 5 nitrogen and oxygen atoms in total. The summed E-state index contributed by atoms with van der Waals surface area (Å²) >= 11 is 0. The van der Waals surface area contributed by atoms with Gasteiger partial charge in [-0.15, -0.1) is 0 Å². The molecule has 0 fully saturated rings. The topological polar surface area (TPSA) is 50.9 Å². The number of fused-ring (bicyclic) bond motifs is 6. The van der Waals surface area contributed by atoms with E-state index in [9.17, 15) is 11.8 Å². The second kappa shape index (κ2) is 14.6. The Bertz CT molecular complexity index is 3970. The van der Waals surface area contributed by atoms with E-state index in [-0.39, 0.29) is 0 Å². The average Bonchev–Trinajstić information content (AvgIpc) is 3.91. The molecule has 0 bridgehead atoms. The number of hydrogen-bond acceptors (Lipinski definition) is 2. The lowest BCUT2D eigenvalue weighted by molar-refractivity contribution is 1.13. The first-order chi connectivity index (χ1) is 32.7. The summed E-state index contributed by atoms with van der Waals surface area (Å²) < 4.78 is 4.60. The molecule has 3 heterocycles. The normalized spacial score (nSPS) is 11.6. The van der Waals surface area contributed by atoms with Crippen LogP contribution in [0, 0.1) is 17.9 Å². The van der Waals surface area contributed by atoms with Crippen molar-refractivity contribution >= 4 is 70.8 Å². The maximum absolute atomic E-state index is 11.8. The molecule has 0 spiro atoms. The Morgan fingerprint density at radius 2 is 0.894 bits per heavy atom. The lowest BCUT2D eigenvalue weighted by atomic mass is 9.88. The Hall–Kier alpha value is -9.29. The molecule has 0 radical (unpaired) electrons. The van der Waals surface area contributed by atoms with E-state index in [0.29, 0.717) is 16.8 Å². The van der Waals surface area contributed by atoms with Gasteiger partial charge in [-0.25, -0.2) is 4.85 Å². The van der Waals surface area contributed by atoms with Crippen LogP contribution in [0.15, 0.2) is 213 Å². The van der Waals surface area contributed by atoms with Crippen LogP contribution in [0.4, 0.5) is 5.69 Å². The highest BCUT2D eigenvalue weighted by Gasteiger charge is 2.32. The zero-order valence-corrected chi connectivity index (χ0v) is 35.4. The molecule has 0 aliphatic carbocycles. The molecule has 0 unspecified atom stereocenters. The van der Waals surface area contributed by atoms with Crippen LogP contribution >= 0.6 is 0 Å². The fraction of sp³-hybridized carbons (Fsp3) is 0. The predicted molar refractivity (Wildman–Crippen MR) is 272 cm³/mol. The van der Waals surface area contributed by atoms with Crippen molar-refractivity contribution in [3.8, 4) is 62.0 Å². The summed E-state index contributed by atoms with van der Waals surface area (Å²) in [5.74, 6) is 0. The third kappa shape index (κ3) is 5.35. The molecule has 10 aromatic carbocycles. The van der Waals surface area contributed by atoms with Crippen LogP contribution in [0.3, 0.4) is 0 Å². The molecule has 0 saturated heterocycles. The number of nitrogens with zero attached hydrogens (tertiary/aromatic N) is 5. The van der Waals surface area contributed by atoms with Gasteiger partial charge in [0.15, 0.2) is 0 Å². The van der Waals surface area contributed by atoms with Crippen molar-refractivity contribution in [2.75, 3.05) is 0 Å². The van der Waals surface area contributed by atoms with Crippen LogP contribution < -0.4 is 0 Å². The Labute approximate surface area is 380 Å². The first kappa shape index (κ1) is 37.3. The van der Waals surface area contributed by atoms with Gasteiger partial charge in [0.25, 0.3) is 0 Å². The largest absolute Gasteiger partial charge is 0.318 e. The fourth-order valence-corrected chi connectivity index (χ4v) is 10.7. The lowest BCUT2D eigenvalue weighted by Crippen LogP contribution is -2.08. The lowest BCUT2D eigenvalue weighted by Gasteiger charge is -2.25. The van der Waals surface area contributed by atoms with E-state index in [1.54, 1.807) is 0 Å². The number of nitriles is 1. The minimum Gasteiger partial charge on any atom is -0.318 e. The number of hydrogen-bond donors (Lipinski definition) is 0. The van der Waals surface area contributed by atoms with Crippen molar-refractivity contribution in [2.45, 2.75) is 0 Å². The highest BCUT2D eigenvalue weighted by atomic mass is 15.0. The third-order valence-corrected chi connectivity index (χ3v) is 13.4. The molecule has 0 atom stereocenters. The highest BCUT2D eigenvalue weighted by Crippen LogP contribution is 2.53. The first-order valence-corrected chi connectivity index (χ1v) is 22.0. The van der Waals surface area contributed by atoms with E-state index in [2.05, 4.69) is 165 Å². The summed E-state index contributed by atoms with van der Waals surface area (Å²) in [5, 5.41) is 20.7. The van der Waals surface area contributed by atoms with Gasteiger partial charge >= 0.3 is 0 Å². The van der Waals surface area contributed by atoms with Crippen LogP contribution in [-0.4, -0.2) is 14.1 Å². The smallest absolute Gasteiger partial charge is 0.220 e. The quantitative estimate of drug-likeness (QED) is 0.124. The number of aromatic nitrogens is 3. The van der Waals surface area contributed by atoms with Gasteiger partial charge in [0, 0.05) is 50.5 Å². The van der Waals surface area contributed by atoms with Gasteiger partial charge in [-0.05, 0) is 92.0 Å². The molecule has 66 heavy (non-hydrogen) atoms. The monoisotopic (exact) mass is 837 g/mol. The maximum atomic E-state index is 11.8. The molecule has 0 saturated carbocycles. The first-order valence-electron chi connectivity index (χ1n) is 22.0. The summed E-state index contributed by atoms with van der Waals surface area (Å²) in [7, 11) is 0. The fourth-order valence-electron chi connectivity index (χ4n) is 10.7. The van der Waals surface area contributed by atoms with Gasteiger partial charge in [-0.2, -0.15) is 5.26 Å². The van der Waals surface area contributed by atoms with Gasteiger partial charge < -0.3 is 9.13 Å². The molecule has 0 N–H and O–H groups in total. The Morgan fingerprint density at radius 3 is 1.41 bits per heavy atom. The number of rotatable bonds is 6. The molecule has 13 rings (SSSR count). The summed E-state index contributed by atoms with van der Waals surface area (Å²) in [6, 6.07) is 72.4. The van der Waals surface area contributed by atoms with Crippen LogP contribution in [0.2, 0.25) is 0 Å². The van der Waals surface area contributed by atoms with Crippen molar-refractivity contribution in [3.63, 3.8) is 0 Å². The molecule has 3 aromatic heterocycles. The summed E-state index contributed by atoms with van der Waals surface area (Å²) in [4.78, 5) is 9.09. The van der Waals surface area contributed by atoms with E-state index in [1.165, 1.54) is 0 Å². The molecule has 304 valence electrons. The van der Waals surface area contributed by atoms with Crippen molar-refractivity contribution in [1.82, 2.24) is 14.1 Å². The van der Waals surface area contributed by atoms with Crippen molar-refractivity contribution < 1.29 is 0 Å². The summed E-state index contributed by atoms with van der Waals surface area (Å²) in [5.41, 5.74) is 13.7. The van der Waals surface area contributed by atoms with E-state index < -0.39 is 0 Å². The van der Waals surface area contributed by atoms with E-state index in [0.717, 1.165) is 115 Å². The maximum Gasteiger partial charge on any atom is 0.220 e. The standard InChI is InChI=1S/C61H35N5/c1-63-59-55(40-20-10-4-11-21-40)49(36-62)60(65-51-30-28-42(38-16-6-2-7-17-38)34-47(51)48-35-43(29-31-52(48)65)39-18-8-3-9-19-39)56(41-22-12-5-13-23-41)61(59)66-53-26-14-24-45-44-32-33-64-37-50(44)46-25-15-27-54(66)58(46)57(45)53/h2-35,37H. The van der Waals surface area contributed by atoms with Crippen LogP contribution in [0.5, 0.6) is 0 Å². The molecule has 5 heteroatoms. The van der Waals surface area contributed by atoms with E-state index >= 15 is 0 Å². The average molecular weight is 838 g/mol. The third-order valence-electron chi connectivity index (χ3n) is 13.4. The van der Waals surface area contributed by atoms with Gasteiger partial charge in [0.05, 0.1) is 45.6 Å². The molecule has 13 aromatic rings. The minimum atomic E-state index is 0.409. The Balaban J connectivity index is 1.27. The zero-order chi connectivity index (χ0) is 43.9. The van der Waals surface area contributed by atoms with Crippen LogP contribution in [-0.2, 0) is 0 Å². The number of benzene rings is 10. The molecular weight excluding hydrogens is 803 g/mol. The number of pyridine rings is 1.